The van der Waals surface area contributed by atoms with Gasteiger partial charge in [0.1, 0.15) is 0 Å². The van der Waals surface area contributed by atoms with Crippen LogP contribution in [-0.4, -0.2) is 41.6 Å². The number of aliphatic hydroxyl groups is 1. The molecule has 6 heteroatoms. The lowest BCUT2D eigenvalue weighted by Gasteiger charge is -2.40. The number of hydrogen-bond donors (Lipinski definition) is 1. The molecule has 2 rings (SSSR count). The molecule has 168 valence electrons. The highest BCUT2D eigenvalue weighted by Crippen LogP contribution is 2.62. The zero-order valence-electron chi connectivity index (χ0n) is 19.0. The van der Waals surface area contributed by atoms with E-state index in [9.17, 15) is 18.3 Å². The van der Waals surface area contributed by atoms with Crippen molar-refractivity contribution in [1.82, 2.24) is 4.31 Å². The lowest BCUT2D eigenvalue weighted by molar-refractivity contribution is -0.136. The molecule has 2 fully saturated rings. The number of carbonyl (C=O) groups is 1. The maximum Gasteiger partial charge on any atom is 0.242 e. The van der Waals surface area contributed by atoms with Crippen molar-refractivity contribution < 1.29 is 18.3 Å². The van der Waals surface area contributed by atoms with E-state index in [0.717, 1.165) is 32.1 Å². The minimum atomic E-state index is -3.69. The fraction of sp³-hybridized carbons (Fsp3) is 0.870. The number of unbranched alkanes of at least 4 members (excludes halogenated alkanes) is 3. The Hall–Kier alpha value is -0.880. The molecule has 29 heavy (non-hydrogen) atoms. The van der Waals surface area contributed by atoms with Crippen LogP contribution in [0.4, 0.5) is 0 Å². The molecule has 0 aromatic heterocycles. The predicted octanol–water partition coefficient (Wildman–Crippen LogP) is 4.51. The number of amides is 1. The second kappa shape index (κ2) is 9.09. The van der Waals surface area contributed by atoms with Crippen LogP contribution in [0.5, 0.6) is 0 Å². The average molecular weight is 428 g/mol. The molecule has 5 atom stereocenters. The maximum absolute atomic E-state index is 13.5. The Morgan fingerprint density at radius 3 is 2.45 bits per heavy atom. The van der Waals surface area contributed by atoms with Crippen LogP contribution in [0, 0.1) is 22.7 Å². The molecule has 0 spiro atoms. The molecule has 1 unspecified atom stereocenters. The smallest absolute Gasteiger partial charge is 0.242 e. The predicted molar refractivity (Wildman–Crippen MR) is 118 cm³/mol. The largest absolute Gasteiger partial charge is 0.392 e. The summed E-state index contributed by atoms with van der Waals surface area (Å²) in [5.41, 5.74) is -0.631. The van der Waals surface area contributed by atoms with E-state index in [1.165, 1.54) is 4.31 Å². The Morgan fingerprint density at radius 1 is 1.24 bits per heavy atom. The van der Waals surface area contributed by atoms with Gasteiger partial charge in [-0.05, 0) is 30.6 Å². The Morgan fingerprint density at radius 2 is 1.90 bits per heavy atom. The molecule has 1 saturated carbocycles. The molecular weight excluding hydrogens is 386 g/mol. The van der Waals surface area contributed by atoms with Gasteiger partial charge in [0, 0.05) is 5.41 Å². The summed E-state index contributed by atoms with van der Waals surface area (Å²) < 4.78 is 27.4. The van der Waals surface area contributed by atoms with Crippen molar-refractivity contribution in [3.05, 3.63) is 12.7 Å². The van der Waals surface area contributed by atoms with Crippen LogP contribution in [0.3, 0.4) is 0 Å². The lowest BCUT2D eigenvalue weighted by Crippen LogP contribution is -2.47. The van der Waals surface area contributed by atoms with Crippen LogP contribution in [0.1, 0.15) is 86.0 Å². The fourth-order valence-corrected chi connectivity index (χ4v) is 8.29. The van der Waals surface area contributed by atoms with Crippen molar-refractivity contribution in [3.63, 3.8) is 0 Å². The summed E-state index contributed by atoms with van der Waals surface area (Å²) in [4.78, 5) is 13.5. The van der Waals surface area contributed by atoms with Gasteiger partial charge in [0.25, 0.3) is 0 Å². The van der Waals surface area contributed by atoms with E-state index in [4.69, 9.17) is 0 Å². The van der Waals surface area contributed by atoms with Crippen LogP contribution >= 0.6 is 0 Å². The molecule has 2 aliphatic rings. The Labute approximate surface area is 178 Å². The van der Waals surface area contributed by atoms with E-state index >= 15 is 0 Å². The molecule has 1 aliphatic carbocycles. The van der Waals surface area contributed by atoms with Gasteiger partial charge in [-0.15, -0.1) is 6.58 Å². The monoisotopic (exact) mass is 427 g/mol. The number of fused-ring (bicyclic) bond motifs is 1. The lowest BCUT2D eigenvalue weighted by atomic mass is 9.65. The molecule has 0 aromatic rings. The Kier molecular flexibility index (Phi) is 7.64. The van der Waals surface area contributed by atoms with Gasteiger partial charge in [-0.1, -0.05) is 72.8 Å². The first-order chi connectivity index (χ1) is 13.5. The van der Waals surface area contributed by atoms with E-state index in [1.807, 2.05) is 6.92 Å². The molecule has 1 amide bonds. The summed E-state index contributed by atoms with van der Waals surface area (Å²) in [6.07, 6.45) is 7.32. The molecule has 5 nitrogen and oxygen atoms in total. The van der Waals surface area contributed by atoms with Crippen LogP contribution in [0.2, 0.25) is 0 Å². The van der Waals surface area contributed by atoms with E-state index in [0.29, 0.717) is 25.2 Å². The topological polar surface area (TPSA) is 74.7 Å². The van der Waals surface area contributed by atoms with Crippen molar-refractivity contribution >= 4 is 15.9 Å². The van der Waals surface area contributed by atoms with Crippen molar-refractivity contribution in [1.29, 1.82) is 0 Å². The molecule has 0 aromatic carbocycles. The van der Waals surface area contributed by atoms with E-state index in [1.54, 1.807) is 6.08 Å². The third-order valence-electron chi connectivity index (χ3n) is 8.07. The summed E-state index contributed by atoms with van der Waals surface area (Å²) >= 11 is 0. The van der Waals surface area contributed by atoms with Crippen molar-refractivity contribution in [2.45, 2.75) is 98.1 Å². The number of rotatable bonds is 10. The Balaban J connectivity index is 2.29. The van der Waals surface area contributed by atoms with Gasteiger partial charge in [-0.3, -0.25) is 4.79 Å². The number of allylic oxidation sites excluding steroid dienone is 1. The number of aliphatic hydroxyl groups excluding tert-OH is 1. The number of carbonyl (C=O) groups excluding carboxylic acids is 1. The van der Waals surface area contributed by atoms with Crippen molar-refractivity contribution in [2.24, 2.45) is 22.7 Å². The molecule has 1 saturated heterocycles. The van der Waals surface area contributed by atoms with E-state index < -0.39 is 33.4 Å². The van der Waals surface area contributed by atoms with Crippen molar-refractivity contribution in [3.8, 4) is 0 Å². The zero-order chi connectivity index (χ0) is 22.0. The van der Waals surface area contributed by atoms with Crippen LogP contribution in [-0.2, 0) is 14.8 Å². The summed E-state index contributed by atoms with van der Waals surface area (Å²) in [6.45, 7) is 14.3. The number of sulfonamides is 1. The Bertz CT molecular complexity index is 702. The van der Waals surface area contributed by atoms with Gasteiger partial charge < -0.3 is 5.11 Å². The molecule has 0 radical (unpaired) electrons. The summed E-state index contributed by atoms with van der Waals surface area (Å²) in [7, 11) is -3.69. The first kappa shape index (κ1) is 24.4. The average Bonchev–Trinajstić information content (AvgIpc) is 2.96. The summed E-state index contributed by atoms with van der Waals surface area (Å²) in [6, 6.07) is -0.320. The normalized spacial score (nSPS) is 32.0. The molecule has 1 N–H and O–H groups in total. The maximum atomic E-state index is 13.5. The van der Waals surface area contributed by atoms with Gasteiger partial charge in [-0.25, -0.2) is 12.7 Å². The van der Waals surface area contributed by atoms with Gasteiger partial charge in [0.2, 0.25) is 15.9 Å². The van der Waals surface area contributed by atoms with E-state index in [-0.39, 0.29) is 17.2 Å². The van der Waals surface area contributed by atoms with E-state index in [2.05, 4.69) is 34.3 Å². The minimum absolute atomic E-state index is 0.00725. The third kappa shape index (κ3) is 4.30. The molecule has 0 bridgehead atoms. The zero-order valence-corrected chi connectivity index (χ0v) is 19.8. The minimum Gasteiger partial charge on any atom is -0.392 e. The highest BCUT2D eigenvalue weighted by molar-refractivity contribution is 7.90. The second-order valence-electron chi connectivity index (χ2n) is 9.93. The molecule has 1 aliphatic heterocycles. The number of nitrogens with zero attached hydrogens (tertiary/aromatic N) is 1. The standard InChI is InChI=1S/C23H41NO4S/c1-7-10-11-12-14-19(25)18(13-8-2)21(26)24-20-15-17(9-3)22(4,5)23(20,6)16-29(24,27)28/h8,17-20,25H,2,7,9-16H2,1,3-6H3/t17-,18+,19+,20-,23?/m0/s1. The number of hydrogen-bond acceptors (Lipinski definition) is 4. The summed E-state index contributed by atoms with van der Waals surface area (Å²) in [5, 5.41) is 10.8. The van der Waals surface area contributed by atoms with Gasteiger partial charge in [0.15, 0.2) is 0 Å². The van der Waals surface area contributed by atoms with Gasteiger partial charge >= 0.3 is 0 Å². The third-order valence-corrected chi connectivity index (χ3v) is 10.1. The first-order valence-electron chi connectivity index (χ1n) is 11.3. The van der Waals surface area contributed by atoms with Gasteiger partial charge in [0.05, 0.1) is 23.8 Å². The van der Waals surface area contributed by atoms with Crippen LogP contribution in [0.15, 0.2) is 12.7 Å². The first-order valence-corrected chi connectivity index (χ1v) is 12.9. The fourth-order valence-electron chi connectivity index (χ4n) is 5.71. The molecule has 1 heterocycles. The second-order valence-corrected chi connectivity index (χ2v) is 11.8. The van der Waals surface area contributed by atoms with Crippen LogP contribution < -0.4 is 0 Å². The quantitative estimate of drug-likeness (QED) is 0.411. The highest BCUT2D eigenvalue weighted by atomic mass is 32.2. The van der Waals surface area contributed by atoms with Crippen molar-refractivity contribution in [2.75, 3.05) is 5.75 Å². The van der Waals surface area contributed by atoms with Crippen LogP contribution in [0.25, 0.3) is 0 Å². The summed E-state index contributed by atoms with van der Waals surface area (Å²) in [5.74, 6) is -0.794. The molecular formula is C23H41NO4S. The van der Waals surface area contributed by atoms with Gasteiger partial charge in [-0.2, -0.15) is 0 Å². The highest BCUT2D eigenvalue weighted by Gasteiger charge is 2.67. The SMILES string of the molecule is C=CC[C@@H](C(=O)N1[C@H]2C[C@H](CC)C(C)(C)C2(C)CS1(=O)=O)[C@H](O)CCCCCC.